The third kappa shape index (κ3) is 2.03. The number of anilines is 1. The highest BCUT2D eigenvalue weighted by atomic mass is 32.2. The predicted molar refractivity (Wildman–Crippen MR) is 74.1 cm³/mol. The number of H-pyrrole nitrogens is 1. The van der Waals surface area contributed by atoms with Crippen LogP contribution in [0.25, 0.3) is 5.65 Å². The molecule has 0 aliphatic heterocycles. The molecule has 104 valence electrons. The van der Waals surface area contributed by atoms with Crippen LogP contribution in [0.2, 0.25) is 0 Å². The second-order valence-electron chi connectivity index (χ2n) is 4.48. The zero-order chi connectivity index (χ0) is 14.3. The molecule has 0 atom stereocenters. The molecular weight excluding hydrogens is 278 g/mol. The average molecular weight is 291 g/mol. The Balaban J connectivity index is 2.01. The fourth-order valence-electron chi connectivity index (χ4n) is 2.12. The Kier molecular flexibility index (Phi) is 2.75. The fraction of sp³-hybridized carbons (Fsp3) is 0.167. The van der Waals surface area contributed by atoms with Crippen LogP contribution in [-0.4, -0.2) is 28.0 Å². The average Bonchev–Trinajstić information content (AvgIpc) is 2.95. The van der Waals surface area contributed by atoms with E-state index in [1.807, 2.05) is 0 Å². The first-order valence-corrected chi connectivity index (χ1v) is 7.43. The zero-order valence-electron chi connectivity index (χ0n) is 11.0. The minimum atomic E-state index is -3.66. The van der Waals surface area contributed by atoms with Crippen LogP contribution in [0.1, 0.15) is 11.4 Å². The fourth-order valence-corrected chi connectivity index (χ4v) is 3.54. The summed E-state index contributed by atoms with van der Waals surface area (Å²) in [7, 11) is -3.66. The molecule has 3 aromatic heterocycles. The molecule has 0 aromatic carbocycles. The van der Waals surface area contributed by atoms with Gasteiger partial charge in [0, 0.05) is 18.6 Å². The molecule has 0 aliphatic carbocycles. The Bertz CT molecular complexity index is 859. The summed E-state index contributed by atoms with van der Waals surface area (Å²) in [5.41, 5.74) is 2.18. The number of pyridine rings is 1. The van der Waals surface area contributed by atoms with E-state index in [9.17, 15) is 8.42 Å². The largest absolute Gasteiger partial charge is 0.305 e. The molecule has 7 nitrogen and oxygen atoms in total. The van der Waals surface area contributed by atoms with Crippen molar-refractivity contribution in [2.45, 2.75) is 18.7 Å². The summed E-state index contributed by atoms with van der Waals surface area (Å²) in [6.07, 6.45) is 5.07. The van der Waals surface area contributed by atoms with Crippen molar-refractivity contribution in [3.8, 4) is 0 Å². The molecule has 0 radical (unpaired) electrons. The third-order valence-electron chi connectivity index (χ3n) is 2.97. The summed E-state index contributed by atoms with van der Waals surface area (Å²) < 4.78 is 29.1. The van der Waals surface area contributed by atoms with Gasteiger partial charge in [0.15, 0.2) is 0 Å². The van der Waals surface area contributed by atoms with Crippen molar-refractivity contribution in [1.29, 1.82) is 0 Å². The van der Waals surface area contributed by atoms with Crippen LogP contribution in [0.5, 0.6) is 0 Å². The SMILES string of the molecule is Cc1n[nH]c(C)c1S(=O)(=O)Nc1ccc2nccn2c1. The maximum atomic E-state index is 12.4. The van der Waals surface area contributed by atoms with Crippen molar-refractivity contribution in [2.75, 3.05) is 4.72 Å². The van der Waals surface area contributed by atoms with Gasteiger partial charge in [-0.25, -0.2) is 13.4 Å². The first-order valence-electron chi connectivity index (χ1n) is 5.94. The van der Waals surface area contributed by atoms with E-state index in [0.717, 1.165) is 5.65 Å². The van der Waals surface area contributed by atoms with E-state index in [2.05, 4.69) is 19.9 Å². The van der Waals surface area contributed by atoms with Crippen LogP contribution in [0.4, 0.5) is 5.69 Å². The van der Waals surface area contributed by atoms with Gasteiger partial charge in [-0.2, -0.15) is 5.10 Å². The highest BCUT2D eigenvalue weighted by Gasteiger charge is 2.22. The van der Waals surface area contributed by atoms with Gasteiger partial charge in [-0.1, -0.05) is 0 Å². The van der Waals surface area contributed by atoms with E-state index in [1.165, 1.54) is 0 Å². The topological polar surface area (TPSA) is 92.1 Å². The van der Waals surface area contributed by atoms with Crippen molar-refractivity contribution in [3.63, 3.8) is 0 Å². The number of rotatable bonds is 3. The first kappa shape index (κ1) is 12.7. The molecule has 20 heavy (non-hydrogen) atoms. The number of fused-ring (bicyclic) bond motifs is 1. The van der Waals surface area contributed by atoms with Gasteiger partial charge >= 0.3 is 0 Å². The van der Waals surface area contributed by atoms with Crippen LogP contribution < -0.4 is 4.72 Å². The highest BCUT2D eigenvalue weighted by Crippen LogP contribution is 2.20. The maximum absolute atomic E-state index is 12.4. The van der Waals surface area contributed by atoms with Crippen molar-refractivity contribution < 1.29 is 8.42 Å². The van der Waals surface area contributed by atoms with Gasteiger partial charge < -0.3 is 4.40 Å². The molecule has 0 saturated carbocycles. The Labute approximate surface area is 115 Å². The zero-order valence-corrected chi connectivity index (χ0v) is 11.8. The monoisotopic (exact) mass is 291 g/mol. The molecule has 0 amide bonds. The number of hydrogen-bond acceptors (Lipinski definition) is 4. The molecule has 8 heteroatoms. The molecule has 3 rings (SSSR count). The van der Waals surface area contributed by atoms with Gasteiger partial charge in [0.05, 0.1) is 17.1 Å². The van der Waals surface area contributed by atoms with E-state index in [4.69, 9.17) is 0 Å². The van der Waals surface area contributed by atoms with Crippen LogP contribution in [0.15, 0.2) is 35.6 Å². The molecule has 0 aliphatic rings. The highest BCUT2D eigenvalue weighted by molar-refractivity contribution is 7.92. The number of aryl methyl sites for hydroxylation is 2. The molecule has 0 saturated heterocycles. The Morgan fingerprint density at radius 1 is 1.30 bits per heavy atom. The van der Waals surface area contributed by atoms with Gasteiger partial charge in [-0.3, -0.25) is 9.82 Å². The van der Waals surface area contributed by atoms with Crippen molar-refractivity contribution >= 4 is 21.4 Å². The lowest BCUT2D eigenvalue weighted by molar-refractivity contribution is 0.600. The number of imidazole rings is 1. The number of sulfonamides is 1. The van der Waals surface area contributed by atoms with Crippen molar-refractivity contribution in [3.05, 3.63) is 42.1 Å². The molecule has 0 fully saturated rings. The first-order chi connectivity index (χ1) is 9.47. The third-order valence-corrected chi connectivity index (χ3v) is 4.61. The smallest absolute Gasteiger partial charge is 0.265 e. The quantitative estimate of drug-likeness (QED) is 0.764. The summed E-state index contributed by atoms with van der Waals surface area (Å²) in [6, 6.07) is 3.41. The van der Waals surface area contributed by atoms with Crippen LogP contribution in [0, 0.1) is 13.8 Å². The number of aromatic amines is 1. The number of hydrogen-bond donors (Lipinski definition) is 2. The molecule has 3 aromatic rings. The van der Waals surface area contributed by atoms with E-state index in [1.54, 1.807) is 49.0 Å². The Hall–Kier alpha value is -2.35. The molecule has 0 unspecified atom stereocenters. The van der Waals surface area contributed by atoms with E-state index >= 15 is 0 Å². The van der Waals surface area contributed by atoms with Crippen LogP contribution >= 0.6 is 0 Å². The molecule has 3 heterocycles. The van der Waals surface area contributed by atoms with Gasteiger partial charge in [0.1, 0.15) is 10.5 Å². The normalized spacial score (nSPS) is 11.9. The summed E-state index contributed by atoms with van der Waals surface area (Å²) in [6.45, 7) is 3.32. The second-order valence-corrected chi connectivity index (χ2v) is 6.10. The molecule has 0 spiro atoms. The lowest BCUT2D eigenvalue weighted by Crippen LogP contribution is -2.14. The van der Waals surface area contributed by atoms with Crippen molar-refractivity contribution in [1.82, 2.24) is 19.6 Å². The summed E-state index contributed by atoms with van der Waals surface area (Å²) in [4.78, 5) is 4.29. The Morgan fingerprint density at radius 3 is 2.80 bits per heavy atom. The predicted octanol–water partition coefficient (Wildman–Crippen LogP) is 1.48. The standard InChI is InChI=1S/C12H13N5O2S/c1-8-12(9(2)15-14-8)20(18,19)16-10-3-4-11-13-5-6-17(11)7-10/h3-7,16H,1-2H3,(H,14,15). The maximum Gasteiger partial charge on any atom is 0.265 e. The lowest BCUT2D eigenvalue weighted by atomic mass is 10.4. The van der Waals surface area contributed by atoms with Gasteiger partial charge in [0.25, 0.3) is 10.0 Å². The summed E-state index contributed by atoms with van der Waals surface area (Å²) in [5.74, 6) is 0. The molecular formula is C12H13N5O2S. The van der Waals surface area contributed by atoms with Gasteiger partial charge in [-0.15, -0.1) is 0 Å². The summed E-state index contributed by atoms with van der Waals surface area (Å²) in [5, 5.41) is 6.58. The molecule has 0 bridgehead atoms. The van der Waals surface area contributed by atoms with Gasteiger partial charge in [-0.05, 0) is 26.0 Å². The lowest BCUT2D eigenvalue weighted by Gasteiger charge is -2.08. The second kappa shape index (κ2) is 4.34. The van der Waals surface area contributed by atoms with Crippen LogP contribution in [0.3, 0.4) is 0 Å². The van der Waals surface area contributed by atoms with E-state index < -0.39 is 10.0 Å². The van der Waals surface area contributed by atoms with E-state index in [0.29, 0.717) is 17.1 Å². The van der Waals surface area contributed by atoms with Gasteiger partial charge in [0.2, 0.25) is 0 Å². The Morgan fingerprint density at radius 2 is 2.10 bits per heavy atom. The summed E-state index contributed by atoms with van der Waals surface area (Å²) >= 11 is 0. The molecule has 2 N–H and O–H groups in total. The number of nitrogens with zero attached hydrogens (tertiary/aromatic N) is 3. The number of aromatic nitrogens is 4. The minimum Gasteiger partial charge on any atom is -0.305 e. The van der Waals surface area contributed by atoms with E-state index in [-0.39, 0.29) is 4.90 Å². The minimum absolute atomic E-state index is 0.184. The number of nitrogens with one attached hydrogen (secondary N) is 2. The van der Waals surface area contributed by atoms with Crippen LogP contribution in [-0.2, 0) is 10.0 Å². The van der Waals surface area contributed by atoms with Crippen molar-refractivity contribution in [2.24, 2.45) is 0 Å².